The van der Waals surface area contributed by atoms with Crippen molar-refractivity contribution in [3.8, 4) is 5.75 Å². The van der Waals surface area contributed by atoms with Crippen molar-refractivity contribution in [2.45, 2.75) is 0 Å². The van der Waals surface area contributed by atoms with Gasteiger partial charge in [0.15, 0.2) is 12.0 Å². The fraction of sp³-hybridized carbons (Fsp3) is 0.111. The number of hydrogen-bond donors (Lipinski definition) is 3. The van der Waals surface area contributed by atoms with Gasteiger partial charge in [0.2, 0.25) is 5.11 Å². The molecule has 1 rings (SSSR count). The predicted octanol–water partition coefficient (Wildman–Crippen LogP) is -1.15. The van der Waals surface area contributed by atoms with Gasteiger partial charge in [-0.25, -0.2) is 0 Å². The van der Waals surface area contributed by atoms with Gasteiger partial charge in [-0.1, -0.05) is 0 Å². The lowest BCUT2D eigenvalue weighted by Crippen LogP contribution is -2.82. The van der Waals surface area contributed by atoms with E-state index in [9.17, 15) is 10.1 Å². The summed E-state index contributed by atoms with van der Waals surface area (Å²) >= 11 is 4.57. The van der Waals surface area contributed by atoms with Crippen LogP contribution in [0.4, 0.5) is 5.69 Å². The first kappa shape index (κ1) is 12.8. The Balaban J connectivity index is 2.96. The van der Waals surface area contributed by atoms with Crippen molar-refractivity contribution < 1.29 is 14.8 Å². The Labute approximate surface area is 102 Å². The molecule has 0 amide bonds. The van der Waals surface area contributed by atoms with Gasteiger partial charge in [0.25, 0.3) is 0 Å². The average molecular weight is 255 g/mol. The molecule has 0 spiro atoms. The van der Waals surface area contributed by atoms with E-state index >= 15 is 0 Å². The number of ether oxygens (including phenoxy) is 1. The molecule has 0 saturated carbocycles. The molecule has 1 aromatic rings. The number of hydrazine groups is 1. The summed E-state index contributed by atoms with van der Waals surface area (Å²) in [4.78, 5) is 10.2. The molecule has 0 atom stereocenters. The molecule has 0 aromatic heterocycles. The number of hydrogen-bond acceptors (Lipinski definition) is 4. The van der Waals surface area contributed by atoms with Gasteiger partial charge in [-0.15, -0.1) is 10.5 Å². The van der Waals surface area contributed by atoms with Crippen molar-refractivity contribution in [3.63, 3.8) is 0 Å². The first-order valence-electron chi connectivity index (χ1n) is 4.51. The highest BCUT2D eigenvalue weighted by molar-refractivity contribution is 7.80. The monoisotopic (exact) mass is 255 g/mol. The molecule has 0 fully saturated rings. The zero-order valence-electron chi connectivity index (χ0n) is 8.97. The van der Waals surface area contributed by atoms with Gasteiger partial charge in [0.1, 0.15) is 0 Å². The second-order valence-electron chi connectivity index (χ2n) is 2.97. The lowest BCUT2D eigenvalue weighted by molar-refractivity contribution is -0.499. The Kier molecular flexibility index (Phi) is 4.35. The molecule has 1 aromatic carbocycles. The number of nitrogens with two attached hydrogens (primary N) is 1. The van der Waals surface area contributed by atoms with Gasteiger partial charge in [0.05, 0.1) is 12.0 Å². The smallest absolute Gasteiger partial charge is 0.311 e. The van der Waals surface area contributed by atoms with E-state index < -0.39 is 4.92 Å². The maximum atomic E-state index is 10.7. The van der Waals surface area contributed by atoms with E-state index in [1.54, 1.807) is 6.07 Å². The van der Waals surface area contributed by atoms with Gasteiger partial charge >= 0.3 is 5.69 Å². The van der Waals surface area contributed by atoms with Gasteiger partial charge in [-0.2, -0.15) is 0 Å². The molecule has 0 radical (unpaired) electrons. The summed E-state index contributed by atoms with van der Waals surface area (Å²) in [6.07, 6.45) is 1.49. The molecule has 0 aliphatic heterocycles. The minimum Gasteiger partial charge on any atom is -0.490 e. The zero-order chi connectivity index (χ0) is 12.8. The van der Waals surface area contributed by atoms with Gasteiger partial charge < -0.3 is 10.5 Å². The Hall–Kier alpha value is -2.22. The molecular weight excluding hydrogens is 244 g/mol. The van der Waals surface area contributed by atoms with Crippen molar-refractivity contribution in [1.82, 2.24) is 5.43 Å². The summed E-state index contributed by atoms with van der Waals surface area (Å²) in [6.45, 7) is 0. The number of hydrazone groups is 1. The Morgan fingerprint density at radius 1 is 1.71 bits per heavy atom. The first-order chi connectivity index (χ1) is 8.04. The summed E-state index contributed by atoms with van der Waals surface area (Å²) in [5, 5.41) is 13.4. The quantitative estimate of drug-likeness (QED) is 0.272. The Morgan fingerprint density at radius 2 is 2.41 bits per heavy atom. The van der Waals surface area contributed by atoms with Crippen molar-refractivity contribution in [3.05, 3.63) is 33.9 Å². The topological polar surface area (TPSA) is 104 Å². The van der Waals surface area contributed by atoms with E-state index in [2.05, 4.69) is 22.7 Å². The van der Waals surface area contributed by atoms with Crippen molar-refractivity contribution in [2.75, 3.05) is 7.11 Å². The molecule has 0 aliphatic rings. The standard InChI is InChI=1S/C9H10N4O3S/c1-16-8-3-2-6(4-7(8)13(14)15)5-11-12-9(10)17/h2-5H,1H3,(H3,10,12,17)/p+1. The predicted molar refractivity (Wildman–Crippen MR) is 65.7 cm³/mol. The second kappa shape index (κ2) is 5.75. The van der Waals surface area contributed by atoms with E-state index in [1.807, 2.05) is 0 Å². The van der Waals surface area contributed by atoms with Crippen molar-refractivity contribution >= 4 is 29.2 Å². The highest BCUT2D eigenvalue weighted by Gasteiger charge is 2.15. The zero-order valence-corrected chi connectivity index (χ0v) is 9.78. The van der Waals surface area contributed by atoms with E-state index in [4.69, 9.17) is 10.5 Å². The largest absolute Gasteiger partial charge is 0.490 e. The molecule has 0 saturated heterocycles. The highest BCUT2D eigenvalue weighted by Crippen LogP contribution is 2.26. The molecule has 7 nitrogen and oxygen atoms in total. The van der Waals surface area contributed by atoms with Gasteiger partial charge in [-0.3, -0.25) is 10.1 Å². The Bertz CT molecular complexity index is 475. The number of thiocarbonyl (C=S) groups is 1. The number of nitrogens with zero attached hydrogens (tertiary/aromatic N) is 1. The number of rotatable bonds is 4. The molecule has 4 N–H and O–H groups in total. The van der Waals surface area contributed by atoms with Crippen LogP contribution in [0.3, 0.4) is 0 Å². The van der Waals surface area contributed by atoms with E-state index in [1.165, 1.54) is 25.5 Å². The van der Waals surface area contributed by atoms with E-state index in [-0.39, 0.29) is 16.5 Å². The number of methoxy groups -OCH3 is 1. The van der Waals surface area contributed by atoms with Crippen LogP contribution in [0, 0.1) is 10.1 Å². The third-order valence-electron chi connectivity index (χ3n) is 1.83. The maximum absolute atomic E-state index is 10.7. The van der Waals surface area contributed by atoms with Crippen LogP contribution in [-0.4, -0.2) is 23.4 Å². The van der Waals surface area contributed by atoms with Crippen LogP contribution >= 0.6 is 12.2 Å². The molecule has 8 heteroatoms. The molecule has 0 unspecified atom stereocenters. The van der Waals surface area contributed by atoms with Gasteiger partial charge in [-0.05, 0) is 24.4 Å². The van der Waals surface area contributed by atoms with E-state index in [0.717, 1.165) is 0 Å². The molecular formula is C9H11N4O3S+. The summed E-state index contributed by atoms with van der Waals surface area (Å²) in [6, 6.07) is 4.53. The summed E-state index contributed by atoms with van der Waals surface area (Å²) < 4.78 is 4.87. The maximum Gasteiger partial charge on any atom is 0.311 e. The molecule has 0 bridgehead atoms. The number of nitro benzene ring substituents is 1. The summed E-state index contributed by atoms with van der Waals surface area (Å²) in [7, 11) is 1.37. The van der Waals surface area contributed by atoms with Crippen LogP contribution in [0.25, 0.3) is 0 Å². The average Bonchev–Trinajstić information content (AvgIpc) is 2.28. The lowest BCUT2D eigenvalue weighted by atomic mass is 10.2. The summed E-state index contributed by atoms with van der Waals surface area (Å²) in [5.41, 5.74) is 8.14. The molecule has 90 valence electrons. The number of benzene rings is 1. The molecule has 17 heavy (non-hydrogen) atoms. The Morgan fingerprint density at radius 3 is 2.94 bits per heavy atom. The van der Waals surface area contributed by atoms with Crippen LogP contribution in [0.15, 0.2) is 18.2 Å². The lowest BCUT2D eigenvalue weighted by Gasteiger charge is -2.00. The van der Waals surface area contributed by atoms with Crippen LogP contribution < -0.4 is 21.0 Å². The van der Waals surface area contributed by atoms with Crippen molar-refractivity contribution in [1.29, 1.82) is 0 Å². The fourth-order valence-corrected chi connectivity index (χ4v) is 1.19. The first-order valence-corrected chi connectivity index (χ1v) is 4.92. The van der Waals surface area contributed by atoms with E-state index in [0.29, 0.717) is 5.56 Å². The minimum absolute atomic E-state index is 0.0734. The van der Waals surface area contributed by atoms with Crippen LogP contribution in [0.1, 0.15) is 5.56 Å². The molecule has 0 heterocycles. The summed E-state index contributed by atoms with van der Waals surface area (Å²) in [5.74, 6) is 0.203. The third kappa shape index (κ3) is 3.68. The van der Waals surface area contributed by atoms with Crippen LogP contribution in [-0.2, 0) is 0 Å². The normalized spacial score (nSPS) is 10.2. The minimum atomic E-state index is -0.517. The number of nitro groups is 1. The highest BCUT2D eigenvalue weighted by atomic mass is 32.1. The van der Waals surface area contributed by atoms with Crippen molar-refractivity contribution in [2.24, 2.45) is 5.73 Å². The fourth-order valence-electron chi connectivity index (χ4n) is 1.13. The SMILES string of the molecule is COc1ccc(C=[NH+]NC(N)=S)cc1[N+](=O)[O-]. The third-order valence-corrected chi connectivity index (χ3v) is 1.94. The van der Waals surface area contributed by atoms with Crippen LogP contribution in [0.5, 0.6) is 5.75 Å². The van der Waals surface area contributed by atoms with Crippen LogP contribution in [0.2, 0.25) is 0 Å². The number of nitrogens with one attached hydrogen (secondary N) is 2. The second-order valence-corrected chi connectivity index (χ2v) is 3.41. The van der Waals surface area contributed by atoms with Gasteiger partial charge in [0, 0.05) is 11.6 Å². The molecule has 0 aliphatic carbocycles.